The molecule has 1 N–H and O–H groups in total. The summed E-state index contributed by atoms with van der Waals surface area (Å²) in [6.45, 7) is 9.23. The van der Waals surface area contributed by atoms with Crippen molar-refractivity contribution in [3.8, 4) is 0 Å². The molecular formula is C29H38F3N5O4. The highest BCUT2D eigenvalue weighted by Crippen LogP contribution is 2.38. The third-order valence-electron chi connectivity index (χ3n) is 8.27. The average Bonchev–Trinajstić information content (AvgIpc) is 3.20. The fourth-order valence-corrected chi connectivity index (χ4v) is 6.18. The number of carbonyl (C=O) groups is 3. The van der Waals surface area contributed by atoms with E-state index in [0.717, 1.165) is 4.90 Å². The van der Waals surface area contributed by atoms with Crippen LogP contribution in [-0.4, -0.2) is 82.9 Å². The van der Waals surface area contributed by atoms with Crippen molar-refractivity contribution in [2.75, 3.05) is 44.2 Å². The van der Waals surface area contributed by atoms with Gasteiger partial charge in [-0.25, -0.2) is 22.8 Å². The Hall–Kier alpha value is -3.28. The first kappa shape index (κ1) is 29.2. The minimum absolute atomic E-state index is 0.0208. The molecule has 4 heterocycles. The van der Waals surface area contributed by atoms with Crippen LogP contribution in [0.1, 0.15) is 64.5 Å². The Balaban J connectivity index is 1.23. The zero-order valence-corrected chi connectivity index (χ0v) is 24.1. The Bertz CT molecular complexity index is 1350. The second-order valence-electron chi connectivity index (χ2n) is 12.5. The molecule has 0 unspecified atom stereocenters. The van der Waals surface area contributed by atoms with Gasteiger partial charge in [-0.3, -0.25) is 15.0 Å². The number of urea groups is 1. The van der Waals surface area contributed by atoms with Crippen molar-refractivity contribution in [2.24, 2.45) is 0 Å². The number of piperidine rings is 2. The lowest BCUT2D eigenvalue weighted by Crippen LogP contribution is -2.51. The van der Waals surface area contributed by atoms with Gasteiger partial charge in [0.15, 0.2) is 11.6 Å². The minimum Gasteiger partial charge on any atom is -0.444 e. The largest absolute Gasteiger partial charge is 0.444 e. The maximum atomic E-state index is 15.7. The molecule has 2 aromatic rings. The van der Waals surface area contributed by atoms with Gasteiger partial charge < -0.3 is 19.1 Å². The number of fused-ring (bicyclic) bond motifs is 1. The van der Waals surface area contributed by atoms with Crippen molar-refractivity contribution >= 4 is 34.6 Å². The van der Waals surface area contributed by atoms with Gasteiger partial charge in [-0.05, 0) is 46.1 Å². The van der Waals surface area contributed by atoms with E-state index in [-0.39, 0.29) is 43.8 Å². The number of carbonyl (C=O) groups excluding carboxylic acids is 3. The van der Waals surface area contributed by atoms with Crippen LogP contribution >= 0.6 is 0 Å². The Morgan fingerprint density at radius 1 is 1.10 bits per heavy atom. The van der Waals surface area contributed by atoms with Crippen molar-refractivity contribution in [2.45, 2.75) is 77.1 Å². The Kier molecular flexibility index (Phi) is 7.73. The molecule has 224 valence electrons. The maximum absolute atomic E-state index is 15.7. The first-order valence-electron chi connectivity index (χ1n) is 14.2. The van der Waals surface area contributed by atoms with E-state index in [0.29, 0.717) is 50.1 Å². The fourth-order valence-electron chi connectivity index (χ4n) is 6.18. The number of halogens is 3. The SMILES string of the molecule is Cc1cn(C2CCN(CC3(F)CCN(C(=O)OC(C)(C)C)CC3)CC2)c2cc(F)c(N3CCC(=O)NC3=O)c(F)c12. The molecule has 5 rings (SSSR count). The molecule has 1 aromatic heterocycles. The van der Waals surface area contributed by atoms with E-state index in [1.807, 2.05) is 4.57 Å². The lowest BCUT2D eigenvalue weighted by molar-refractivity contribution is -0.120. The number of nitrogens with one attached hydrogen (secondary N) is 1. The van der Waals surface area contributed by atoms with E-state index in [1.54, 1.807) is 38.8 Å². The number of aromatic nitrogens is 1. The first-order valence-corrected chi connectivity index (χ1v) is 14.2. The summed E-state index contributed by atoms with van der Waals surface area (Å²) in [5.41, 5.74) is -1.42. The van der Waals surface area contributed by atoms with Crippen LogP contribution < -0.4 is 10.2 Å². The van der Waals surface area contributed by atoms with Gasteiger partial charge in [0.25, 0.3) is 0 Å². The van der Waals surface area contributed by atoms with Crippen LogP contribution in [0.4, 0.5) is 28.4 Å². The monoisotopic (exact) mass is 577 g/mol. The number of anilines is 1. The highest BCUT2D eigenvalue weighted by atomic mass is 19.1. The quantitative estimate of drug-likeness (QED) is 0.550. The fraction of sp³-hybridized carbons (Fsp3) is 0.621. The lowest BCUT2D eigenvalue weighted by atomic mass is 9.91. The number of ether oxygens (including phenoxy) is 1. The van der Waals surface area contributed by atoms with E-state index in [2.05, 4.69) is 10.2 Å². The van der Waals surface area contributed by atoms with Crippen molar-refractivity contribution in [3.63, 3.8) is 0 Å². The summed E-state index contributed by atoms with van der Waals surface area (Å²) in [7, 11) is 0. The number of aryl methyl sites for hydroxylation is 1. The molecule has 0 atom stereocenters. The predicted molar refractivity (Wildman–Crippen MR) is 148 cm³/mol. The molecule has 41 heavy (non-hydrogen) atoms. The summed E-state index contributed by atoms with van der Waals surface area (Å²) in [6, 6.07) is 0.392. The van der Waals surface area contributed by atoms with Crippen LogP contribution in [0.5, 0.6) is 0 Å². The number of nitrogens with zero attached hydrogens (tertiary/aromatic N) is 4. The van der Waals surface area contributed by atoms with Gasteiger partial charge in [0, 0.05) is 82.2 Å². The number of alkyl halides is 1. The van der Waals surface area contributed by atoms with E-state index >= 15 is 13.2 Å². The van der Waals surface area contributed by atoms with Crippen molar-refractivity contribution in [3.05, 3.63) is 29.5 Å². The van der Waals surface area contributed by atoms with E-state index in [1.165, 1.54) is 6.07 Å². The van der Waals surface area contributed by atoms with Crippen LogP contribution in [0.15, 0.2) is 12.3 Å². The highest BCUT2D eigenvalue weighted by molar-refractivity contribution is 6.06. The van der Waals surface area contributed by atoms with E-state index in [9.17, 15) is 14.4 Å². The third kappa shape index (κ3) is 6.02. The van der Waals surface area contributed by atoms with Gasteiger partial charge in [0.1, 0.15) is 17.0 Å². The number of benzene rings is 1. The molecule has 0 spiro atoms. The standard InChI is InChI=1S/C29H38F3N5O4/c1-18-16-37(21-15-20(30)25(24(31)23(18)21)36-12-7-22(38)33-26(36)39)19-5-10-34(11-6-19)17-29(32)8-13-35(14-9-29)27(40)41-28(2,3)4/h15-16,19H,5-14,17H2,1-4H3,(H,33,38,39). The van der Waals surface area contributed by atoms with Crippen molar-refractivity contribution in [1.82, 2.24) is 19.7 Å². The average molecular weight is 578 g/mol. The van der Waals surface area contributed by atoms with E-state index < -0.39 is 46.6 Å². The third-order valence-corrected chi connectivity index (χ3v) is 8.27. The molecular weight excluding hydrogens is 539 g/mol. The summed E-state index contributed by atoms with van der Waals surface area (Å²) in [4.78, 5) is 40.7. The van der Waals surface area contributed by atoms with Gasteiger partial charge in [0.2, 0.25) is 5.91 Å². The summed E-state index contributed by atoms with van der Waals surface area (Å²) >= 11 is 0. The molecule has 3 fully saturated rings. The number of likely N-dealkylation sites (tertiary alicyclic amines) is 2. The molecule has 3 saturated heterocycles. The van der Waals surface area contributed by atoms with Gasteiger partial charge in [-0.15, -0.1) is 0 Å². The molecule has 12 heteroatoms. The van der Waals surface area contributed by atoms with Crippen LogP contribution in [0.25, 0.3) is 10.9 Å². The van der Waals surface area contributed by atoms with Gasteiger partial charge in [-0.2, -0.15) is 0 Å². The molecule has 1 aromatic carbocycles. The minimum atomic E-state index is -1.39. The highest BCUT2D eigenvalue weighted by Gasteiger charge is 2.39. The molecule has 9 nitrogen and oxygen atoms in total. The molecule has 0 saturated carbocycles. The number of hydrogen-bond donors (Lipinski definition) is 1. The van der Waals surface area contributed by atoms with Gasteiger partial charge in [0.05, 0.1) is 5.52 Å². The van der Waals surface area contributed by atoms with Gasteiger partial charge >= 0.3 is 12.1 Å². The smallest absolute Gasteiger partial charge is 0.410 e. The second kappa shape index (κ2) is 10.8. The van der Waals surface area contributed by atoms with Crippen molar-refractivity contribution in [1.29, 1.82) is 0 Å². The zero-order valence-electron chi connectivity index (χ0n) is 24.1. The second-order valence-corrected chi connectivity index (χ2v) is 12.5. The van der Waals surface area contributed by atoms with Crippen LogP contribution in [-0.2, 0) is 9.53 Å². The number of imide groups is 1. The number of amides is 4. The Labute approximate surface area is 237 Å². The summed E-state index contributed by atoms with van der Waals surface area (Å²) < 4.78 is 54.0. The molecule has 4 amide bonds. The van der Waals surface area contributed by atoms with Crippen LogP contribution in [0.3, 0.4) is 0 Å². The van der Waals surface area contributed by atoms with Crippen molar-refractivity contribution < 1.29 is 32.3 Å². The predicted octanol–water partition coefficient (Wildman–Crippen LogP) is 5.05. The zero-order chi connectivity index (χ0) is 29.7. The Morgan fingerprint density at radius 3 is 2.37 bits per heavy atom. The number of rotatable bonds is 4. The Morgan fingerprint density at radius 2 is 1.76 bits per heavy atom. The first-order chi connectivity index (χ1) is 19.2. The molecule has 3 aliphatic heterocycles. The van der Waals surface area contributed by atoms with Crippen LogP contribution in [0.2, 0.25) is 0 Å². The lowest BCUT2D eigenvalue weighted by Gasteiger charge is -2.41. The molecule has 0 radical (unpaired) electrons. The summed E-state index contributed by atoms with van der Waals surface area (Å²) in [5.74, 6) is -2.17. The molecule has 0 aliphatic carbocycles. The number of hydrogen-bond acceptors (Lipinski definition) is 5. The van der Waals surface area contributed by atoms with E-state index in [4.69, 9.17) is 4.74 Å². The van der Waals surface area contributed by atoms with Crippen LogP contribution in [0, 0.1) is 18.6 Å². The summed E-state index contributed by atoms with van der Waals surface area (Å²) in [6.07, 6.45) is 3.22. The van der Waals surface area contributed by atoms with Gasteiger partial charge in [-0.1, -0.05) is 0 Å². The topological polar surface area (TPSA) is 87.1 Å². The molecule has 3 aliphatic rings. The normalized spacial score (nSPS) is 21.0. The maximum Gasteiger partial charge on any atom is 0.410 e. The molecule has 0 bridgehead atoms. The summed E-state index contributed by atoms with van der Waals surface area (Å²) in [5, 5.41) is 2.35.